The van der Waals surface area contributed by atoms with Gasteiger partial charge in [-0.15, -0.1) is 0 Å². The first kappa shape index (κ1) is 16.9. The number of rotatable bonds is 1. The third-order valence-electron chi connectivity index (χ3n) is 4.50. The second-order valence-corrected chi connectivity index (χ2v) is 7.33. The first-order chi connectivity index (χ1) is 11.4. The van der Waals surface area contributed by atoms with Crippen LogP contribution in [0.3, 0.4) is 0 Å². The summed E-state index contributed by atoms with van der Waals surface area (Å²) >= 11 is 3.73. The number of alkyl halides is 1. The average Bonchev–Trinajstić information content (AvgIpc) is 2.93. The van der Waals surface area contributed by atoms with Gasteiger partial charge in [0.2, 0.25) is 0 Å². The number of likely N-dealkylation sites (N-methyl/N-ethyl adjacent to an activating group) is 1. The van der Waals surface area contributed by atoms with Crippen LogP contribution in [0.4, 0.5) is 10.1 Å². The van der Waals surface area contributed by atoms with Crippen LogP contribution < -0.4 is 4.90 Å². The van der Waals surface area contributed by atoms with Crippen LogP contribution in [0.2, 0.25) is 0 Å². The molecule has 0 aromatic carbocycles. The standard InChI is InChI=1S/C17H19BrFN5/c1-11-6-16(18)23(10-12(2)22(3)9-11)15-5-4-13(7-20)24-17(15)14(19)8-21-24/h4-5,8,12,16H,1,6,9-10H2,2-3H3/t12-,16?/m1/s1. The summed E-state index contributed by atoms with van der Waals surface area (Å²) in [7, 11) is 2.07. The van der Waals surface area contributed by atoms with Gasteiger partial charge in [-0.3, -0.25) is 4.90 Å². The van der Waals surface area contributed by atoms with Gasteiger partial charge in [-0.05, 0) is 32.5 Å². The van der Waals surface area contributed by atoms with E-state index in [0.29, 0.717) is 11.2 Å². The zero-order valence-corrected chi connectivity index (χ0v) is 15.3. The van der Waals surface area contributed by atoms with Crippen LogP contribution >= 0.6 is 15.9 Å². The summed E-state index contributed by atoms with van der Waals surface area (Å²) < 4.78 is 15.7. The summed E-state index contributed by atoms with van der Waals surface area (Å²) in [5.41, 5.74) is 2.49. The van der Waals surface area contributed by atoms with Crippen molar-refractivity contribution in [3.8, 4) is 6.07 Å². The number of hydrogen-bond donors (Lipinski definition) is 0. The molecule has 0 radical (unpaired) electrons. The van der Waals surface area contributed by atoms with E-state index in [0.717, 1.165) is 37.0 Å². The predicted molar refractivity (Wildman–Crippen MR) is 95.8 cm³/mol. The van der Waals surface area contributed by atoms with E-state index < -0.39 is 5.82 Å². The SMILES string of the molecule is C=C1CC(Br)N(c2ccc(C#N)n3ncc(F)c23)C[C@@H](C)N(C)C1. The Bertz CT molecular complexity index is 824. The first-order valence-corrected chi connectivity index (χ1v) is 8.68. The maximum atomic E-state index is 14.4. The van der Waals surface area contributed by atoms with Crippen LogP contribution in [0.5, 0.6) is 0 Å². The molecule has 7 heteroatoms. The van der Waals surface area contributed by atoms with Gasteiger partial charge in [0, 0.05) is 19.1 Å². The quantitative estimate of drug-likeness (QED) is 0.425. The van der Waals surface area contributed by atoms with E-state index >= 15 is 0 Å². The Labute approximate surface area is 149 Å². The van der Waals surface area contributed by atoms with E-state index in [9.17, 15) is 9.65 Å². The fraction of sp³-hybridized carbons (Fsp3) is 0.412. The minimum Gasteiger partial charge on any atom is -0.355 e. The van der Waals surface area contributed by atoms with E-state index in [1.54, 1.807) is 12.1 Å². The molecule has 0 bridgehead atoms. The Morgan fingerprint density at radius 3 is 2.92 bits per heavy atom. The van der Waals surface area contributed by atoms with Crippen molar-refractivity contribution >= 4 is 27.1 Å². The zero-order valence-electron chi connectivity index (χ0n) is 13.7. The molecule has 1 fully saturated rings. The number of fused-ring (bicyclic) bond motifs is 1. The second-order valence-electron chi connectivity index (χ2n) is 6.27. The van der Waals surface area contributed by atoms with E-state index in [-0.39, 0.29) is 11.0 Å². The highest BCUT2D eigenvalue weighted by atomic mass is 79.9. The largest absolute Gasteiger partial charge is 0.355 e. The molecule has 2 aromatic heterocycles. The zero-order chi connectivity index (χ0) is 17.4. The smallest absolute Gasteiger partial charge is 0.171 e. The van der Waals surface area contributed by atoms with Gasteiger partial charge in [-0.25, -0.2) is 8.91 Å². The van der Waals surface area contributed by atoms with Crippen LogP contribution in [0, 0.1) is 17.1 Å². The van der Waals surface area contributed by atoms with Gasteiger partial charge in [0.15, 0.2) is 5.82 Å². The molecular weight excluding hydrogens is 373 g/mol. The summed E-state index contributed by atoms with van der Waals surface area (Å²) in [5, 5.41) is 13.2. The Morgan fingerprint density at radius 1 is 1.46 bits per heavy atom. The Balaban J connectivity index is 2.12. The van der Waals surface area contributed by atoms with Crippen LogP contribution in [0.25, 0.3) is 5.52 Å². The van der Waals surface area contributed by atoms with Gasteiger partial charge >= 0.3 is 0 Å². The van der Waals surface area contributed by atoms with Crippen molar-refractivity contribution in [3.63, 3.8) is 0 Å². The molecule has 2 aromatic rings. The molecule has 2 atom stereocenters. The molecule has 0 amide bonds. The van der Waals surface area contributed by atoms with E-state index in [4.69, 9.17) is 0 Å². The van der Waals surface area contributed by atoms with Gasteiger partial charge in [-0.2, -0.15) is 10.4 Å². The number of halogens is 2. The minimum atomic E-state index is -0.427. The molecule has 126 valence electrons. The van der Waals surface area contributed by atoms with Gasteiger partial charge in [0.1, 0.15) is 17.3 Å². The predicted octanol–water partition coefficient (Wildman–Crippen LogP) is 3.15. The first-order valence-electron chi connectivity index (χ1n) is 7.76. The minimum absolute atomic E-state index is 0.00665. The lowest BCUT2D eigenvalue weighted by molar-refractivity contribution is 0.268. The molecule has 0 spiro atoms. The highest BCUT2D eigenvalue weighted by Crippen LogP contribution is 2.32. The maximum absolute atomic E-state index is 14.4. The summed E-state index contributed by atoms with van der Waals surface area (Å²) in [4.78, 5) is 4.36. The van der Waals surface area contributed by atoms with Gasteiger partial charge in [0.25, 0.3) is 0 Å². The molecular formula is C17H19BrFN5. The third-order valence-corrected chi connectivity index (χ3v) is 5.32. The lowest BCUT2D eigenvalue weighted by Crippen LogP contribution is -2.46. The summed E-state index contributed by atoms with van der Waals surface area (Å²) in [6, 6.07) is 5.79. The molecule has 1 aliphatic heterocycles. The molecule has 0 aliphatic carbocycles. The van der Waals surface area contributed by atoms with Crippen LogP contribution in [-0.2, 0) is 0 Å². The Kier molecular flexibility index (Phi) is 4.61. The van der Waals surface area contributed by atoms with Crippen LogP contribution in [-0.4, -0.2) is 45.6 Å². The molecule has 0 saturated carbocycles. The van der Waals surface area contributed by atoms with Crippen molar-refractivity contribution in [1.82, 2.24) is 14.5 Å². The van der Waals surface area contributed by atoms with Gasteiger partial charge < -0.3 is 4.90 Å². The van der Waals surface area contributed by atoms with Crippen molar-refractivity contribution in [2.24, 2.45) is 0 Å². The van der Waals surface area contributed by atoms with Crippen molar-refractivity contribution < 1.29 is 4.39 Å². The van der Waals surface area contributed by atoms with E-state index in [1.807, 2.05) is 0 Å². The van der Waals surface area contributed by atoms with Crippen LogP contribution in [0.1, 0.15) is 19.0 Å². The lowest BCUT2D eigenvalue weighted by Gasteiger charge is -2.39. The molecule has 24 heavy (non-hydrogen) atoms. The third kappa shape index (κ3) is 2.92. The summed E-state index contributed by atoms with van der Waals surface area (Å²) in [6.07, 6.45) is 1.92. The second kappa shape index (κ2) is 6.54. The summed E-state index contributed by atoms with van der Waals surface area (Å²) in [6.45, 7) is 7.86. The fourth-order valence-corrected chi connectivity index (χ4v) is 3.92. The van der Waals surface area contributed by atoms with Crippen LogP contribution in [0.15, 0.2) is 30.5 Å². The topological polar surface area (TPSA) is 47.6 Å². The Hall–Kier alpha value is -1.91. The van der Waals surface area contributed by atoms with Crippen molar-refractivity contribution in [2.75, 3.05) is 25.0 Å². The molecule has 1 aliphatic rings. The van der Waals surface area contributed by atoms with Crippen molar-refractivity contribution in [1.29, 1.82) is 5.26 Å². The molecule has 1 unspecified atom stereocenters. The normalized spacial score (nSPS) is 23.1. The maximum Gasteiger partial charge on any atom is 0.171 e. The van der Waals surface area contributed by atoms with E-state index in [2.05, 4.69) is 57.4 Å². The lowest BCUT2D eigenvalue weighted by atomic mass is 10.1. The summed E-state index contributed by atoms with van der Waals surface area (Å²) in [5.74, 6) is -0.427. The van der Waals surface area contributed by atoms with Gasteiger partial charge in [-0.1, -0.05) is 28.1 Å². The highest BCUT2D eigenvalue weighted by Gasteiger charge is 2.27. The number of pyridine rings is 1. The highest BCUT2D eigenvalue weighted by molar-refractivity contribution is 9.09. The number of nitrogens with zero attached hydrogens (tertiary/aromatic N) is 5. The molecule has 3 rings (SSSR count). The van der Waals surface area contributed by atoms with E-state index in [1.165, 1.54) is 4.52 Å². The number of hydrogen-bond acceptors (Lipinski definition) is 4. The monoisotopic (exact) mass is 391 g/mol. The number of anilines is 1. The fourth-order valence-electron chi connectivity index (χ4n) is 3.07. The number of aromatic nitrogens is 2. The average molecular weight is 392 g/mol. The Morgan fingerprint density at radius 2 is 2.21 bits per heavy atom. The molecule has 1 saturated heterocycles. The number of nitriles is 1. The van der Waals surface area contributed by atoms with Gasteiger partial charge in [0.05, 0.1) is 16.8 Å². The van der Waals surface area contributed by atoms with Crippen molar-refractivity contribution in [2.45, 2.75) is 24.3 Å². The molecule has 0 N–H and O–H groups in total. The van der Waals surface area contributed by atoms with Crippen molar-refractivity contribution in [3.05, 3.63) is 42.0 Å². The molecule has 3 heterocycles. The molecule has 5 nitrogen and oxygen atoms in total.